The first-order valence-electron chi connectivity index (χ1n) is 3.94. The number of aliphatic hydroxyl groups is 1. The Kier molecular flexibility index (Phi) is 3.82. The van der Waals surface area contributed by atoms with Crippen LogP contribution in [0.4, 0.5) is 5.69 Å². The van der Waals surface area contributed by atoms with Gasteiger partial charge in [0.25, 0.3) is 5.69 Å². The van der Waals surface area contributed by atoms with Crippen LogP contribution in [0, 0.1) is 19.6 Å². The number of hydrogen-bond donors (Lipinski definition) is 1. The SMILES string of the molecule is C[C](CO)c1cc([N+](=O)[O-])ccc1I. The van der Waals surface area contributed by atoms with E-state index in [0.29, 0.717) is 0 Å². The molecule has 14 heavy (non-hydrogen) atoms. The second kappa shape index (κ2) is 4.70. The van der Waals surface area contributed by atoms with E-state index in [9.17, 15) is 10.1 Å². The standard InChI is InChI=1S/C9H9INO3/c1-6(5-12)8-4-7(11(13)14)2-3-9(8)10/h2-4,12H,5H2,1H3. The van der Waals surface area contributed by atoms with Gasteiger partial charge in [-0.05, 0) is 34.2 Å². The number of non-ortho nitro benzene ring substituents is 1. The van der Waals surface area contributed by atoms with Gasteiger partial charge < -0.3 is 5.11 Å². The predicted octanol–water partition coefficient (Wildman–Crippen LogP) is 2.13. The molecule has 0 spiro atoms. The lowest BCUT2D eigenvalue weighted by Crippen LogP contribution is -2.03. The lowest BCUT2D eigenvalue weighted by Gasteiger charge is -2.09. The Morgan fingerprint density at radius 1 is 1.64 bits per heavy atom. The molecule has 1 rings (SSSR count). The van der Waals surface area contributed by atoms with Crippen molar-refractivity contribution in [2.75, 3.05) is 6.61 Å². The maximum atomic E-state index is 10.5. The van der Waals surface area contributed by atoms with Crippen molar-refractivity contribution in [3.63, 3.8) is 0 Å². The van der Waals surface area contributed by atoms with Gasteiger partial charge in [-0.3, -0.25) is 10.1 Å². The molecule has 0 atom stereocenters. The third-order valence-electron chi connectivity index (χ3n) is 1.86. The van der Waals surface area contributed by atoms with Crippen LogP contribution in [0.15, 0.2) is 18.2 Å². The Morgan fingerprint density at radius 2 is 2.29 bits per heavy atom. The third-order valence-corrected chi connectivity index (χ3v) is 2.80. The normalized spacial score (nSPS) is 10.6. The molecular formula is C9H9INO3. The average Bonchev–Trinajstić information content (AvgIpc) is 2.17. The molecule has 1 aromatic carbocycles. The van der Waals surface area contributed by atoms with E-state index in [-0.39, 0.29) is 12.3 Å². The van der Waals surface area contributed by atoms with Crippen LogP contribution >= 0.6 is 22.6 Å². The molecule has 0 aliphatic carbocycles. The Bertz CT molecular complexity index is 354. The van der Waals surface area contributed by atoms with Gasteiger partial charge in [0.2, 0.25) is 0 Å². The molecule has 0 saturated carbocycles. The second-order valence-electron chi connectivity index (χ2n) is 2.86. The summed E-state index contributed by atoms with van der Waals surface area (Å²) in [6, 6.07) is 4.61. The minimum absolute atomic E-state index is 0.0493. The summed E-state index contributed by atoms with van der Waals surface area (Å²) in [5, 5.41) is 19.4. The first kappa shape index (κ1) is 11.4. The molecule has 1 radical (unpaired) electrons. The number of hydrogen-bond acceptors (Lipinski definition) is 3. The lowest BCUT2D eigenvalue weighted by atomic mass is 10.0. The maximum absolute atomic E-state index is 10.5. The van der Waals surface area contributed by atoms with Crippen molar-refractivity contribution in [1.29, 1.82) is 0 Å². The van der Waals surface area contributed by atoms with E-state index >= 15 is 0 Å². The molecule has 75 valence electrons. The fourth-order valence-corrected chi connectivity index (χ4v) is 1.83. The van der Waals surface area contributed by atoms with E-state index in [4.69, 9.17) is 5.11 Å². The van der Waals surface area contributed by atoms with Gasteiger partial charge in [-0.2, -0.15) is 0 Å². The van der Waals surface area contributed by atoms with Crippen LogP contribution in [0.3, 0.4) is 0 Å². The van der Waals surface area contributed by atoms with E-state index in [1.807, 2.05) is 0 Å². The van der Waals surface area contributed by atoms with Crippen LogP contribution in [-0.4, -0.2) is 16.6 Å². The maximum Gasteiger partial charge on any atom is 0.269 e. The number of rotatable bonds is 3. The molecule has 0 aliphatic rings. The van der Waals surface area contributed by atoms with Gasteiger partial charge in [0.15, 0.2) is 0 Å². The zero-order valence-corrected chi connectivity index (χ0v) is 9.69. The van der Waals surface area contributed by atoms with Gasteiger partial charge in [0, 0.05) is 21.6 Å². The van der Waals surface area contributed by atoms with Gasteiger partial charge in [0.1, 0.15) is 0 Å². The van der Waals surface area contributed by atoms with Crippen LogP contribution in [0.25, 0.3) is 0 Å². The first-order chi connectivity index (χ1) is 6.56. The predicted molar refractivity (Wildman–Crippen MR) is 60.9 cm³/mol. The fourth-order valence-electron chi connectivity index (χ4n) is 1.04. The van der Waals surface area contributed by atoms with E-state index in [1.165, 1.54) is 12.1 Å². The molecule has 4 nitrogen and oxygen atoms in total. The number of benzene rings is 1. The number of nitro benzene ring substituents is 1. The summed E-state index contributed by atoms with van der Waals surface area (Å²) in [7, 11) is 0. The number of nitrogens with zero attached hydrogens (tertiary/aromatic N) is 1. The molecule has 1 N–H and O–H groups in total. The molecule has 1 aromatic rings. The summed E-state index contributed by atoms with van der Waals surface area (Å²) in [6.45, 7) is 1.67. The topological polar surface area (TPSA) is 63.4 Å². The molecule has 0 bridgehead atoms. The van der Waals surface area contributed by atoms with Crippen molar-refractivity contribution in [2.24, 2.45) is 0 Å². The quantitative estimate of drug-likeness (QED) is 0.528. The fraction of sp³-hybridized carbons (Fsp3) is 0.222. The summed E-state index contributed by atoms with van der Waals surface area (Å²) in [5.74, 6) is 0.734. The van der Waals surface area contributed by atoms with Crippen LogP contribution < -0.4 is 0 Å². The highest BCUT2D eigenvalue weighted by Crippen LogP contribution is 2.25. The zero-order valence-electron chi connectivity index (χ0n) is 7.53. The summed E-state index contributed by atoms with van der Waals surface area (Å²) in [4.78, 5) is 10.1. The zero-order chi connectivity index (χ0) is 10.7. The number of halogens is 1. The van der Waals surface area contributed by atoms with E-state index in [1.54, 1.807) is 13.0 Å². The van der Waals surface area contributed by atoms with Crippen molar-refractivity contribution in [3.05, 3.63) is 43.4 Å². The Morgan fingerprint density at radius 3 is 2.79 bits per heavy atom. The van der Waals surface area contributed by atoms with Gasteiger partial charge in [-0.1, -0.05) is 6.92 Å². The van der Waals surface area contributed by atoms with Crippen molar-refractivity contribution in [1.82, 2.24) is 0 Å². The summed E-state index contributed by atoms with van der Waals surface area (Å²) in [5.41, 5.74) is 0.788. The van der Waals surface area contributed by atoms with E-state index < -0.39 is 4.92 Å². The Labute approximate surface area is 95.2 Å². The first-order valence-corrected chi connectivity index (χ1v) is 5.01. The highest BCUT2D eigenvalue weighted by atomic mass is 127. The van der Waals surface area contributed by atoms with Gasteiger partial charge in [-0.15, -0.1) is 0 Å². The molecule has 0 amide bonds. The molecule has 0 aromatic heterocycles. The molecule has 0 fully saturated rings. The van der Waals surface area contributed by atoms with Gasteiger partial charge >= 0.3 is 0 Å². The monoisotopic (exact) mass is 306 g/mol. The van der Waals surface area contributed by atoms with Crippen molar-refractivity contribution >= 4 is 28.3 Å². The van der Waals surface area contributed by atoms with Gasteiger partial charge in [-0.25, -0.2) is 0 Å². The highest BCUT2D eigenvalue weighted by molar-refractivity contribution is 14.1. The van der Waals surface area contributed by atoms with Crippen LogP contribution in [0.1, 0.15) is 12.5 Å². The van der Waals surface area contributed by atoms with Crippen LogP contribution in [-0.2, 0) is 0 Å². The van der Waals surface area contributed by atoms with E-state index in [2.05, 4.69) is 22.6 Å². The minimum Gasteiger partial charge on any atom is -0.395 e. The largest absolute Gasteiger partial charge is 0.395 e. The van der Waals surface area contributed by atoms with Crippen LogP contribution in [0.5, 0.6) is 0 Å². The van der Waals surface area contributed by atoms with Crippen LogP contribution in [0.2, 0.25) is 0 Å². The highest BCUT2D eigenvalue weighted by Gasteiger charge is 2.14. The molecule has 0 aliphatic heterocycles. The summed E-state index contributed by atoms with van der Waals surface area (Å²) < 4.78 is 0.903. The minimum atomic E-state index is -0.440. The molecule has 0 heterocycles. The third kappa shape index (κ3) is 2.42. The van der Waals surface area contributed by atoms with Crippen molar-refractivity contribution in [2.45, 2.75) is 6.92 Å². The summed E-state index contributed by atoms with van der Waals surface area (Å²) in [6.07, 6.45) is 0. The Hall–Kier alpha value is -0.690. The molecule has 0 saturated heterocycles. The number of nitro groups is 1. The second-order valence-corrected chi connectivity index (χ2v) is 4.02. The van der Waals surface area contributed by atoms with Gasteiger partial charge in [0.05, 0.1) is 11.5 Å². The molecule has 0 unspecified atom stereocenters. The molecule has 5 heteroatoms. The van der Waals surface area contributed by atoms with E-state index in [0.717, 1.165) is 15.1 Å². The summed E-state index contributed by atoms with van der Waals surface area (Å²) >= 11 is 2.08. The molecular weight excluding hydrogens is 297 g/mol. The smallest absolute Gasteiger partial charge is 0.269 e. The lowest BCUT2D eigenvalue weighted by molar-refractivity contribution is -0.384. The average molecular weight is 306 g/mol. The Balaban J connectivity index is 3.14. The van der Waals surface area contributed by atoms with Crippen molar-refractivity contribution < 1.29 is 10.0 Å². The van der Waals surface area contributed by atoms with Crippen molar-refractivity contribution in [3.8, 4) is 0 Å². The number of aliphatic hydroxyl groups excluding tert-OH is 1.